The van der Waals surface area contributed by atoms with Crippen LogP contribution in [0.3, 0.4) is 0 Å². The predicted octanol–water partition coefficient (Wildman–Crippen LogP) is 4.11. The van der Waals surface area contributed by atoms with Gasteiger partial charge in [0.25, 0.3) is 5.91 Å². The largest absolute Gasteiger partial charge is 0.484 e. The normalized spacial score (nSPS) is 12.8. The van der Waals surface area contributed by atoms with E-state index in [9.17, 15) is 4.79 Å². The van der Waals surface area contributed by atoms with E-state index < -0.39 is 0 Å². The molecule has 22 heavy (non-hydrogen) atoms. The molecule has 1 aliphatic rings. The van der Waals surface area contributed by atoms with Crippen LogP contribution in [0.1, 0.15) is 23.1 Å². The van der Waals surface area contributed by atoms with Crippen LogP contribution in [0.4, 0.5) is 5.69 Å². The fourth-order valence-corrected chi connectivity index (χ4v) is 3.17. The number of amides is 1. The fraction of sp³-hybridized carbons (Fsp3) is 0.278. The van der Waals surface area contributed by atoms with Crippen LogP contribution in [0, 0.1) is 10.5 Å². The van der Waals surface area contributed by atoms with Crippen LogP contribution in [-0.4, -0.2) is 12.5 Å². The van der Waals surface area contributed by atoms with Crippen molar-refractivity contribution in [3.8, 4) is 5.75 Å². The van der Waals surface area contributed by atoms with Crippen molar-refractivity contribution in [1.82, 2.24) is 0 Å². The van der Waals surface area contributed by atoms with Gasteiger partial charge in [-0.05, 0) is 89.7 Å². The number of carbonyl (C=O) groups excluding carboxylic acids is 1. The number of anilines is 1. The minimum atomic E-state index is -0.139. The van der Waals surface area contributed by atoms with Crippen molar-refractivity contribution in [3.05, 3.63) is 56.7 Å². The molecule has 0 aliphatic heterocycles. The molecule has 0 spiro atoms. The van der Waals surface area contributed by atoms with Gasteiger partial charge in [0.05, 0.1) is 0 Å². The van der Waals surface area contributed by atoms with Gasteiger partial charge < -0.3 is 10.1 Å². The molecule has 2 aromatic carbocycles. The van der Waals surface area contributed by atoms with Gasteiger partial charge in [0.1, 0.15) is 5.75 Å². The van der Waals surface area contributed by atoms with Crippen molar-refractivity contribution in [2.24, 2.45) is 0 Å². The third kappa shape index (κ3) is 3.61. The maximum absolute atomic E-state index is 12.0. The molecular formula is C18H18INO2. The molecular weight excluding hydrogens is 389 g/mol. The maximum Gasteiger partial charge on any atom is 0.262 e. The Bertz CT molecular complexity index is 712. The lowest BCUT2D eigenvalue weighted by molar-refractivity contribution is -0.118. The predicted molar refractivity (Wildman–Crippen MR) is 96.5 cm³/mol. The quantitative estimate of drug-likeness (QED) is 0.775. The first-order valence-corrected chi connectivity index (χ1v) is 8.50. The number of aryl methyl sites for hydroxylation is 3. The summed E-state index contributed by atoms with van der Waals surface area (Å²) >= 11 is 2.26. The summed E-state index contributed by atoms with van der Waals surface area (Å²) in [6.45, 7) is 2.08. The number of halogens is 1. The molecule has 0 saturated carbocycles. The number of hydrogen-bond acceptors (Lipinski definition) is 2. The van der Waals surface area contributed by atoms with E-state index in [-0.39, 0.29) is 12.5 Å². The lowest BCUT2D eigenvalue weighted by atomic mass is 10.1. The summed E-state index contributed by atoms with van der Waals surface area (Å²) in [7, 11) is 0. The van der Waals surface area contributed by atoms with Crippen molar-refractivity contribution < 1.29 is 9.53 Å². The van der Waals surface area contributed by atoms with Crippen LogP contribution in [0.5, 0.6) is 5.75 Å². The van der Waals surface area contributed by atoms with Crippen molar-refractivity contribution in [1.29, 1.82) is 0 Å². The average Bonchev–Trinajstić information content (AvgIpc) is 2.96. The van der Waals surface area contributed by atoms with E-state index in [2.05, 4.69) is 40.0 Å². The Morgan fingerprint density at radius 2 is 2.00 bits per heavy atom. The molecule has 0 heterocycles. The maximum atomic E-state index is 12.0. The van der Waals surface area contributed by atoms with Gasteiger partial charge in [0.2, 0.25) is 0 Å². The van der Waals surface area contributed by atoms with E-state index in [1.165, 1.54) is 23.1 Å². The van der Waals surface area contributed by atoms with E-state index >= 15 is 0 Å². The molecule has 0 radical (unpaired) electrons. The highest BCUT2D eigenvalue weighted by molar-refractivity contribution is 14.1. The van der Waals surface area contributed by atoms with Gasteiger partial charge in [-0.1, -0.05) is 12.1 Å². The van der Waals surface area contributed by atoms with Gasteiger partial charge in [0, 0.05) is 9.26 Å². The lowest BCUT2D eigenvalue weighted by Crippen LogP contribution is -2.20. The zero-order valence-electron chi connectivity index (χ0n) is 12.5. The van der Waals surface area contributed by atoms with Crippen molar-refractivity contribution in [2.75, 3.05) is 11.9 Å². The topological polar surface area (TPSA) is 38.3 Å². The summed E-state index contributed by atoms with van der Waals surface area (Å²) in [5, 5.41) is 2.86. The van der Waals surface area contributed by atoms with Crippen LogP contribution in [0.25, 0.3) is 0 Å². The number of hydrogen-bond donors (Lipinski definition) is 1. The Balaban J connectivity index is 1.57. The minimum Gasteiger partial charge on any atom is -0.484 e. The monoisotopic (exact) mass is 407 g/mol. The number of rotatable bonds is 4. The molecule has 114 valence electrons. The van der Waals surface area contributed by atoms with Gasteiger partial charge in [-0.25, -0.2) is 0 Å². The molecule has 4 heteroatoms. The summed E-state index contributed by atoms with van der Waals surface area (Å²) in [6.07, 6.45) is 3.48. The second kappa shape index (κ2) is 6.69. The Kier molecular flexibility index (Phi) is 4.66. The Hall–Kier alpha value is -1.56. The first-order chi connectivity index (χ1) is 10.6. The highest BCUT2D eigenvalue weighted by Gasteiger charge is 2.12. The standard InChI is InChI=1S/C18H18INO2/c1-12-5-7-15(10-17(12)19)20-18(21)11-22-16-8-6-13-3-2-4-14(13)9-16/h5-10H,2-4,11H2,1H3,(H,20,21). The average molecular weight is 407 g/mol. The highest BCUT2D eigenvalue weighted by Crippen LogP contribution is 2.26. The van der Waals surface area contributed by atoms with Crippen LogP contribution in [-0.2, 0) is 17.6 Å². The lowest BCUT2D eigenvalue weighted by Gasteiger charge is -2.09. The molecule has 0 atom stereocenters. The first kappa shape index (κ1) is 15.3. The molecule has 3 nitrogen and oxygen atoms in total. The van der Waals surface area contributed by atoms with Crippen molar-refractivity contribution >= 4 is 34.2 Å². The first-order valence-electron chi connectivity index (χ1n) is 7.42. The van der Waals surface area contributed by atoms with Crippen molar-refractivity contribution in [3.63, 3.8) is 0 Å². The number of carbonyl (C=O) groups is 1. The Morgan fingerprint density at radius 1 is 1.18 bits per heavy atom. The Morgan fingerprint density at radius 3 is 2.82 bits per heavy atom. The summed E-state index contributed by atoms with van der Waals surface area (Å²) in [5.74, 6) is 0.634. The summed E-state index contributed by atoms with van der Waals surface area (Å²) in [6, 6.07) is 12.0. The second-order valence-corrected chi connectivity index (χ2v) is 6.75. The SMILES string of the molecule is Cc1ccc(NC(=O)COc2ccc3c(c2)CCC3)cc1I. The van der Waals surface area contributed by atoms with E-state index in [0.29, 0.717) is 0 Å². The summed E-state index contributed by atoms with van der Waals surface area (Å²) in [5.41, 5.74) is 4.77. The molecule has 0 bridgehead atoms. The fourth-order valence-electron chi connectivity index (χ4n) is 2.65. The Labute approximate surface area is 144 Å². The third-order valence-corrected chi connectivity index (χ3v) is 5.06. The second-order valence-electron chi connectivity index (χ2n) is 5.58. The number of ether oxygens (including phenoxy) is 1. The summed E-state index contributed by atoms with van der Waals surface area (Å²) < 4.78 is 6.74. The van der Waals surface area contributed by atoms with E-state index in [4.69, 9.17) is 4.74 Å². The minimum absolute atomic E-state index is 0.0310. The third-order valence-electron chi connectivity index (χ3n) is 3.90. The number of nitrogens with one attached hydrogen (secondary N) is 1. The number of fused-ring (bicyclic) bond motifs is 1. The molecule has 0 saturated heterocycles. The van der Waals surface area contributed by atoms with Gasteiger partial charge >= 0.3 is 0 Å². The number of benzene rings is 2. The van der Waals surface area contributed by atoms with Gasteiger partial charge in [-0.3, -0.25) is 4.79 Å². The van der Waals surface area contributed by atoms with Gasteiger partial charge in [0.15, 0.2) is 6.61 Å². The summed E-state index contributed by atoms with van der Waals surface area (Å²) in [4.78, 5) is 12.0. The molecule has 1 aliphatic carbocycles. The molecule has 3 rings (SSSR count). The van der Waals surface area contributed by atoms with Crippen LogP contribution in [0.15, 0.2) is 36.4 Å². The smallest absolute Gasteiger partial charge is 0.262 e. The zero-order valence-corrected chi connectivity index (χ0v) is 14.6. The van der Waals surface area contributed by atoms with Gasteiger partial charge in [-0.15, -0.1) is 0 Å². The molecule has 1 amide bonds. The molecule has 1 N–H and O–H groups in total. The zero-order chi connectivity index (χ0) is 15.5. The molecule has 0 aromatic heterocycles. The highest BCUT2D eigenvalue weighted by atomic mass is 127. The van der Waals surface area contributed by atoms with Crippen LogP contribution in [0.2, 0.25) is 0 Å². The van der Waals surface area contributed by atoms with Crippen LogP contribution < -0.4 is 10.1 Å². The van der Waals surface area contributed by atoms with Crippen LogP contribution >= 0.6 is 22.6 Å². The van der Waals surface area contributed by atoms with E-state index in [1.54, 1.807) is 0 Å². The molecule has 2 aromatic rings. The molecule has 0 unspecified atom stereocenters. The van der Waals surface area contributed by atoms with Crippen molar-refractivity contribution in [2.45, 2.75) is 26.2 Å². The van der Waals surface area contributed by atoms with E-state index in [0.717, 1.165) is 27.8 Å². The molecule has 0 fully saturated rings. The van der Waals surface area contributed by atoms with E-state index in [1.807, 2.05) is 31.2 Å². The van der Waals surface area contributed by atoms with Gasteiger partial charge in [-0.2, -0.15) is 0 Å².